The van der Waals surface area contributed by atoms with Gasteiger partial charge in [-0.05, 0) is 24.6 Å². The van der Waals surface area contributed by atoms with E-state index in [0.717, 1.165) is 5.69 Å². The fraction of sp³-hybridized carbons (Fsp3) is 0.294. The minimum atomic E-state index is -0.343. The molecule has 1 aliphatic heterocycles. The highest BCUT2D eigenvalue weighted by molar-refractivity contribution is 6.38. The molecule has 0 atom stereocenters. The summed E-state index contributed by atoms with van der Waals surface area (Å²) in [6.45, 7) is 3.89. The molecule has 1 aromatic carbocycles. The van der Waals surface area contributed by atoms with Crippen LogP contribution in [0.3, 0.4) is 0 Å². The van der Waals surface area contributed by atoms with Gasteiger partial charge in [0, 0.05) is 44.3 Å². The molecule has 0 bridgehead atoms. The summed E-state index contributed by atoms with van der Waals surface area (Å²) in [4.78, 5) is 20.0. The number of rotatable bonds is 2. The number of urea groups is 1. The summed E-state index contributed by atoms with van der Waals surface area (Å²) >= 11 is 12.4. The van der Waals surface area contributed by atoms with E-state index in [4.69, 9.17) is 23.2 Å². The number of hydrogen-bond acceptors (Lipinski definition) is 3. The summed E-state index contributed by atoms with van der Waals surface area (Å²) in [6.07, 6.45) is 3.10. The highest BCUT2D eigenvalue weighted by Gasteiger charge is 2.24. The Kier molecular flexibility index (Phi) is 5.30. The molecule has 5 nitrogen and oxygen atoms in total. The molecule has 1 fully saturated rings. The Morgan fingerprint density at radius 3 is 2.40 bits per heavy atom. The van der Waals surface area contributed by atoms with Crippen molar-refractivity contribution in [3.05, 3.63) is 52.0 Å². The van der Waals surface area contributed by atoms with Gasteiger partial charge < -0.3 is 15.1 Å². The van der Waals surface area contributed by atoms with E-state index in [0.29, 0.717) is 47.5 Å². The van der Waals surface area contributed by atoms with Crippen molar-refractivity contribution in [3.63, 3.8) is 0 Å². The summed E-state index contributed by atoms with van der Waals surface area (Å²) in [7, 11) is 0. The van der Waals surface area contributed by atoms with E-state index < -0.39 is 0 Å². The van der Waals surface area contributed by atoms with Gasteiger partial charge in [-0.15, -0.1) is 0 Å². The summed E-state index contributed by atoms with van der Waals surface area (Å²) in [5, 5.41) is 3.70. The summed E-state index contributed by atoms with van der Waals surface area (Å²) in [5.74, 6) is -0.343. The van der Waals surface area contributed by atoms with E-state index in [1.54, 1.807) is 36.4 Å². The average molecular weight is 383 g/mol. The van der Waals surface area contributed by atoms with Gasteiger partial charge in [0.25, 0.3) is 0 Å². The second kappa shape index (κ2) is 7.45. The number of carbonyl (C=O) groups is 1. The van der Waals surface area contributed by atoms with Crippen LogP contribution in [-0.4, -0.2) is 42.1 Å². The molecule has 3 rings (SSSR count). The molecular formula is C17H17Cl2FN4O. The number of carbonyl (C=O) groups excluding carboxylic acids is 1. The third kappa shape index (κ3) is 3.96. The summed E-state index contributed by atoms with van der Waals surface area (Å²) in [6, 6.07) is 4.38. The molecule has 1 saturated heterocycles. The maximum Gasteiger partial charge on any atom is 0.321 e. The molecule has 2 amide bonds. The molecule has 8 heteroatoms. The van der Waals surface area contributed by atoms with Gasteiger partial charge in [-0.2, -0.15) is 0 Å². The number of aryl methyl sites for hydroxylation is 1. The van der Waals surface area contributed by atoms with Crippen LogP contribution in [0.2, 0.25) is 10.0 Å². The van der Waals surface area contributed by atoms with Crippen LogP contribution < -0.4 is 10.2 Å². The van der Waals surface area contributed by atoms with Crippen molar-refractivity contribution < 1.29 is 9.18 Å². The van der Waals surface area contributed by atoms with Crippen molar-refractivity contribution in [1.82, 2.24) is 9.88 Å². The molecule has 1 aromatic heterocycles. The third-order valence-corrected chi connectivity index (χ3v) is 4.69. The number of halogens is 3. The van der Waals surface area contributed by atoms with E-state index in [-0.39, 0.29) is 11.8 Å². The van der Waals surface area contributed by atoms with Crippen LogP contribution in [0.25, 0.3) is 0 Å². The number of pyridine rings is 1. The number of piperazine rings is 1. The van der Waals surface area contributed by atoms with Gasteiger partial charge in [-0.25, -0.2) is 9.18 Å². The molecule has 2 aromatic rings. The van der Waals surface area contributed by atoms with Gasteiger partial charge in [0.1, 0.15) is 5.82 Å². The Hall–Kier alpha value is -2.05. The maximum absolute atomic E-state index is 13.6. The highest BCUT2D eigenvalue weighted by atomic mass is 35.5. The zero-order chi connectivity index (χ0) is 18.0. The number of anilines is 2. The summed E-state index contributed by atoms with van der Waals surface area (Å²) in [5.41, 5.74) is 1.72. The molecule has 0 saturated carbocycles. The van der Waals surface area contributed by atoms with Crippen molar-refractivity contribution in [2.75, 3.05) is 36.4 Å². The Balaban J connectivity index is 1.62. The first-order chi connectivity index (χ1) is 12.0. The maximum atomic E-state index is 13.6. The molecule has 132 valence electrons. The zero-order valence-electron chi connectivity index (χ0n) is 13.6. The van der Waals surface area contributed by atoms with Crippen LogP contribution in [0, 0.1) is 12.7 Å². The van der Waals surface area contributed by atoms with E-state index in [2.05, 4.69) is 10.3 Å². The minimum Gasteiger partial charge on any atom is -0.365 e. The van der Waals surface area contributed by atoms with Gasteiger partial charge >= 0.3 is 6.03 Å². The van der Waals surface area contributed by atoms with Gasteiger partial charge in [-0.3, -0.25) is 4.98 Å². The van der Waals surface area contributed by atoms with Gasteiger partial charge in [0.15, 0.2) is 0 Å². The van der Waals surface area contributed by atoms with E-state index in [1.165, 1.54) is 6.07 Å². The van der Waals surface area contributed by atoms with Crippen LogP contribution in [0.1, 0.15) is 5.56 Å². The van der Waals surface area contributed by atoms with Gasteiger partial charge in [0.05, 0.1) is 15.7 Å². The average Bonchev–Trinajstić information content (AvgIpc) is 2.58. The van der Waals surface area contributed by atoms with E-state index in [1.807, 2.05) is 4.90 Å². The van der Waals surface area contributed by atoms with Crippen molar-refractivity contribution in [2.24, 2.45) is 0 Å². The fourth-order valence-corrected chi connectivity index (χ4v) is 3.32. The number of amides is 2. The zero-order valence-corrected chi connectivity index (χ0v) is 15.1. The predicted molar refractivity (Wildman–Crippen MR) is 98.2 cm³/mol. The Bertz CT molecular complexity index is 774. The van der Waals surface area contributed by atoms with Crippen molar-refractivity contribution in [3.8, 4) is 0 Å². The van der Waals surface area contributed by atoms with Crippen molar-refractivity contribution in [1.29, 1.82) is 0 Å². The smallest absolute Gasteiger partial charge is 0.321 e. The van der Waals surface area contributed by atoms with Crippen LogP contribution in [0.15, 0.2) is 30.6 Å². The lowest BCUT2D eigenvalue weighted by Crippen LogP contribution is -2.50. The standard InChI is InChI=1S/C17H17Cl2FN4O/c1-11-2-3-12(8-15(11)20)22-17(25)24-6-4-23(5-7-24)16-13(18)9-21-10-14(16)19/h2-3,8-10H,4-7H2,1H3,(H,22,25). The third-order valence-electron chi connectivity index (χ3n) is 4.13. The highest BCUT2D eigenvalue weighted by Crippen LogP contribution is 2.33. The fourth-order valence-electron chi connectivity index (χ4n) is 2.71. The largest absolute Gasteiger partial charge is 0.365 e. The normalized spacial score (nSPS) is 14.6. The van der Waals surface area contributed by atoms with Gasteiger partial charge in [-0.1, -0.05) is 29.3 Å². The lowest BCUT2D eigenvalue weighted by molar-refractivity contribution is 0.208. The van der Waals surface area contributed by atoms with Crippen LogP contribution >= 0.6 is 23.2 Å². The van der Waals surface area contributed by atoms with Crippen LogP contribution in [0.5, 0.6) is 0 Å². The lowest BCUT2D eigenvalue weighted by Gasteiger charge is -2.36. The van der Waals surface area contributed by atoms with Crippen LogP contribution in [-0.2, 0) is 0 Å². The molecule has 1 aliphatic rings. The topological polar surface area (TPSA) is 48.5 Å². The van der Waals surface area contributed by atoms with Crippen molar-refractivity contribution >= 4 is 40.6 Å². The second-order valence-electron chi connectivity index (χ2n) is 5.82. The first-order valence-corrected chi connectivity index (χ1v) is 8.57. The van der Waals surface area contributed by atoms with Crippen molar-refractivity contribution in [2.45, 2.75) is 6.92 Å². The number of hydrogen-bond donors (Lipinski definition) is 1. The van der Waals surface area contributed by atoms with Crippen LogP contribution in [0.4, 0.5) is 20.6 Å². The SMILES string of the molecule is Cc1ccc(NC(=O)N2CCN(c3c(Cl)cncc3Cl)CC2)cc1F. The predicted octanol–water partition coefficient (Wildman–Crippen LogP) is 4.19. The molecular weight excluding hydrogens is 366 g/mol. The molecule has 0 radical (unpaired) electrons. The minimum absolute atomic E-state index is 0.255. The number of nitrogens with zero attached hydrogens (tertiary/aromatic N) is 3. The quantitative estimate of drug-likeness (QED) is 0.846. The molecule has 0 spiro atoms. The summed E-state index contributed by atoms with van der Waals surface area (Å²) < 4.78 is 13.6. The van der Waals surface area contributed by atoms with E-state index >= 15 is 0 Å². The Morgan fingerprint density at radius 1 is 1.16 bits per heavy atom. The number of aromatic nitrogens is 1. The monoisotopic (exact) mass is 382 g/mol. The molecule has 25 heavy (non-hydrogen) atoms. The molecule has 1 N–H and O–H groups in total. The number of benzene rings is 1. The second-order valence-corrected chi connectivity index (χ2v) is 6.63. The molecule has 0 unspecified atom stereocenters. The van der Waals surface area contributed by atoms with Gasteiger partial charge in [0.2, 0.25) is 0 Å². The first-order valence-electron chi connectivity index (χ1n) is 7.81. The first kappa shape index (κ1) is 17.8. The number of nitrogens with one attached hydrogen (secondary N) is 1. The molecule has 0 aliphatic carbocycles. The lowest BCUT2D eigenvalue weighted by atomic mass is 10.2. The Morgan fingerprint density at radius 2 is 1.80 bits per heavy atom. The molecule has 2 heterocycles. The van der Waals surface area contributed by atoms with E-state index in [9.17, 15) is 9.18 Å². The Labute approximate surface area is 155 Å².